The van der Waals surface area contributed by atoms with Gasteiger partial charge in [0.05, 0.1) is 0 Å². The molecule has 2 rings (SSSR count). The largest absolute Gasteiger partial charge is 0.364 e. The van der Waals surface area contributed by atoms with Crippen molar-refractivity contribution < 1.29 is 4.79 Å². The van der Waals surface area contributed by atoms with Crippen LogP contribution in [0.15, 0.2) is 5.57 Å². The standard InChI is InChI=1S/C10H15N5O/c1-6-3-2-4-12-5-7(6)8-9(10(11)16)14-15-13-8/h12H,2-5H2,1H3,(H2,11,16)(H,13,14,15). The number of carbonyl (C=O) groups is 1. The van der Waals surface area contributed by atoms with Crippen LogP contribution in [0.3, 0.4) is 0 Å². The fraction of sp³-hybridized carbons (Fsp3) is 0.500. The van der Waals surface area contributed by atoms with Gasteiger partial charge in [0.1, 0.15) is 5.69 Å². The third kappa shape index (κ3) is 1.96. The van der Waals surface area contributed by atoms with E-state index in [-0.39, 0.29) is 5.69 Å². The fourth-order valence-electron chi connectivity index (χ4n) is 1.89. The first kappa shape index (κ1) is 10.8. The van der Waals surface area contributed by atoms with Crippen LogP contribution in [-0.4, -0.2) is 34.4 Å². The summed E-state index contributed by atoms with van der Waals surface area (Å²) in [5.41, 5.74) is 8.31. The first-order valence-electron chi connectivity index (χ1n) is 5.30. The Morgan fingerprint density at radius 2 is 2.25 bits per heavy atom. The highest BCUT2D eigenvalue weighted by Crippen LogP contribution is 2.22. The summed E-state index contributed by atoms with van der Waals surface area (Å²) in [4.78, 5) is 11.2. The molecule has 1 amide bonds. The lowest BCUT2D eigenvalue weighted by Gasteiger charge is -2.06. The van der Waals surface area contributed by atoms with Crippen LogP contribution in [0.4, 0.5) is 0 Å². The monoisotopic (exact) mass is 221 g/mol. The van der Waals surface area contributed by atoms with Gasteiger partial charge in [-0.1, -0.05) is 5.57 Å². The molecule has 86 valence electrons. The quantitative estimate of drug-likeness (QED) is 0.658. The number of rotatable bonds is 2. The first-order chi connectivity index (χ1) is 7.70. The van der Waals surface area contributed by atoms with Gasteiger partial charge in [0.2, 0.25) is 0 Å². The predicted molar refractivity (Wildman–Crippen MR) is 59.6 cm³/mol. The minimum absolute atomic E-state index is 0.220. The van der Waals surface area contributed by atoms with Gasteiger partial charge >= 0.3 is 0 Å². The number of hydrogen-bond acceptors (Lipinski definition) is 4. The Balaban J connectivity index is 2.41. The smallest absolute Gasteiger partial charge is 0.271 e. The second-order valence-electron chi connectivity index (χ2n) is 3.92. The van der Waals surface area contributed by atoms with Gasteiger partial charge in [-0.15, -0.1) is 0 Å². The fourth-order valence-corrected chi connectivity index (χ4v) is 1.89. The molecule has 0 saturated carbocycles. The average Bonchev–Trinajstić information content (AvgIpc) is 2.63. The Kier molecular flexibility index (Phi) is 3.00. The van der Waals surface area contributed by atoms with Crippen LogP contribution in [0.1, 0.15) is 35.9 Å². The molecule has 4 N–H and O–H groups in total. The van der Waals surface area contributed by atoms with Crippen molar-refractivity contribution >= 4 is 11.5 Å². The number of aromatic amines is 1. The molecule has 0 bridgehead atoms. The van der Waals surface area contributed by atoms with E-state index in [1.807, 2.05) is 0 Å². The highest BCUT2D eigenvalue weighted by molar-refractivity contribution is 5.95. The molecule has 2 heterocycles. The maximum Gasteiger partial charge on any atom is 0.271 e. The van der Waals surface area contributed by atoms with Gasteiger partial charge in [-0.25, -0.2) is 0 Å². The summed E-state index contributed by atoms with van der Waals surface area (Å²) in [5.74, 6) is -0.548. The van der Waals surface area contributed by atoms with Crippen molar-refractivity contribution in [2.45, 2.75) is 19.8 Å². The number of allylic oxidation sites excluding steroid dienone is 1. The molecule has 0 atom stereocenters. The summed E-state index contributed by atoms with van der Waals surface area (Å²) in [5, 5.41) is 13.5. The van der Waals surface area contributed by atoms with E-state index in [1.165, 1.54) is 5.57 Å². The molecule has 1 aromatic rings. The van der Waals surface area contributed by atoms with Crippen molar-refractivity contribution in [3.8, 4) is 0 Å². The number of carbonyl (C=O) groups excluding carboxylic acids is 1. The molecule has 0 saturated heterocycles. The Morgan fingerprint density at radius 1 is 1.44 bits per heavy atom. The van der Waals surface area contributed by atoms with Crippen molar-refractivity contribution in [3.05, 3.63) is 17.0 Å². The molecule has 1 aliphatic heterocycles. The SMILES string of the molecule is CC1=C(c2n[nH]nc2C(N)=O)CNCCC1. The molecule has 0 unspecified atom stereocenters. The summed E-state index contributed by atoms with van der Waals surface area (Å²) >= 11 is 0. The van der Waals surface area contributed by atoms with E-state index in [4.69, 9.17) is 5.73 Å². The zero-order valence-electron chi connectivity index (χ0n) is 9.21. The summed E-state index contributed by atoms with van der Waals surface area (Å²) in [7, 11) is 0. The van der Waals surface area contributed by atoms with Gasteiger partial charge in [-0.3, -0.25) is 4.79 Å². The summed E-state index contributed by atoms with van der Waals surface area (Å²) in [6, 6.07) is 0. The van der Waals surface area contributed by atoms with Crippen molar-refractivity contribution in [1.82, 2.24) is 20.7 Å². The van der Waals surface area contributed by atoms with Crippen LogP contribution in [0.2, 0.25) is 0 Å². The van der Waals surface area contributed by atoms with E-state index in [1.54, 1.807) is 0 Å². The number of primary amides is 1. The maximum atomic E-state index is 11.2. The Hall–Kier alpha value is -1.69. The molecule has 1 aliphatic rings. The number of amides is 1. The van der Waals surface area contributed by atoms with Gasteiger partial charge in [-0.2, -0.15) is 15.4 Å². The number of nitrogens with zero attached hydrogens (tertiary/aromatic N) is 2. The molecule has 0 aliphatic carbocycles. The second-order valence-corrected chi connectivity index (χ2v) is 3.92. The maximum absolute atomic E-state index is 11.2. The topological polar surface area (TPSA) is 96.7 Å². The number of nitrogens with one attached hydrogen (secondary N) is 2. The van der Waals surface area contributed by atoms with Crippen LogP contribution in [-0.2, 0) is 0 Å². The van der Waals surface area contributed by atoms with Gasteiger partial charge in [-0.05, 0) is 31.9 Å². The highest BCUT2D eigenvalue weighted by Gasteiger charge is 2.19. The number of aromatic nitrogens is 3. The van der Waals surface area contributed by atoms with Gasteiger partial charge < -0.3 is 11.1 Å². The molecule has 0 fully saturated rings. The van der Waals surface area contributed by atoms with E-state index in [0.717, 1.165) is 25.0 Å². The van der Waals surface area contributed by atoms with Crippen LogP contribution in [0.25, 0.3) is 5.57 Å². The van der Waals surface area contributed by atoms with Gasteiger partial charge in [0, 0.05) is 6.54 Å². The molecule has 6 heteroatoms. The van der Waals surface area contributed by atoms with E-state index in [0.29, 0.717) is 12.2 Å². The molecule has 0 aromatic carbocycles. The molecule has 1 aromatic heterocycles. The minimum atomic E-state index is -0.548. The van der Waals surface area contributed by atoms with E-state index in [2.05, 4.69) is 27.7 Å². The van der Waals surface area contributed by atoms with Crippen LogP contribution in [0, 0.1) is 0 Å². The zero-order valence-corrected chi connectivity index (χ0v) is 9.21. The second kappa shape index (κ2) is 4.44. The lowest BCUT2D eigenvalue weighted by Crippen LogP contribution is -2.19. The Bertz CT molecular complexity index is 434. The lowest BCUT2D eigenvalue weighted by atomic mass is 10.0. The summed E-state index contributed by atoms with van der Waals surface area (Å²) in [6.45, 7) is 3.74. The summed E-state index contributed by atoms with van der Waals surface area (Å²) in [6.07, 6.45) is 2.10. The minimum Gasteiger partial charge on any atom is -0.364 e. The van der Waals surface area contributed by atoms with Crippen molar-refractivity contribution in [3.63, 3.8) is 0 Å². The molecular formula is C10H15N5O. The van der Waals surface area contributed by atoms with Crippen molar-refractivity contribution in [1.29, 1.82) is 0 Å². The van der Waals surface area contributed by atoms with Crippen LogP contribution >= 0.6 is 0 Å². The summed E-state index contributed by atoms with van der Waals surface area (Å²) < 4.78 is 0. The number of H-pyrrole nitrogens is 1. The molecule has 0 spiro atoms. The molecule has 0 radical (unpaired) electrons. The van der Waals surface area contributed by atoms with E-state index >= 15 is 0 Å². The molecule has 6 nitrogen and oxygen atoms in total. The molecular weight excluding hydrogens is 206 g/mol. The average molecular weight is 221 g/mol. The van der Waals surface area contributed by atoms with Gasteiger partial charge in [0.15, 0.2) is 5.69 Å². The molecule has 16 heavy (non-hydrogen) atoms. The van der Waals surface area contributed by atoms with Crippen LogP contribution < -0.4 is 11.1 Å². The number of hydrogen-bond donors (Lipinski definition) is 3. The van der Waals surface area contributed by atoms with Gasteiger partial charge in [0.25, 0.3) is 5.91 Å². The Morgan fingerprint density at radius 3 is 3.00 bits per heavy atom. The predicted octanol–water partition coefficient (Wildman–Crippen LogP) is 0.0605. The third-order valence-electron chi connectivity index (χ3n) is 2.79. The lowest BCUT2D eigenvalue weighted by molar-refractivity contribution is 0.0995. The first-order valence-corrected chi connectivity index (χ1v) is 5.30. The van der Waals surface area contributed by atoms with Crippen LogP contribution in [0.5, 0.6) is 0 Å². The van der Waals surface area contributed by atoms with Crippen molar-refractivity contribution in [2.24, 2.45) is 5.73 Å². The normalized spacial score (nSPS) is 17.3. The van der Waals surface area contributed by atoms with Crippen molar-refractivity contribution in [2.75, 3.05) is 13.1 Å². The highest BCUT2D eigenvalue weighted by atomic mass is 16.1. The Labute approximate surface area is 93.3 Å². The van der Waals surface area contributed by atoms with E-state index < -0.39 is 5.91 Å². The zero-order chi connectivity index (χ0) is 11.5. The van der Waals surface area contributed by atoms with E-state index in [9.17, 15) is 4.79 Å². The number of nitrogens with two attached hydrogens (primary N) is 1. The third-order valence-corrected chi connectivity index (χ3v) is 2.79.